The van der Waals surface area contributed by atoms with Gasteiger partial charge in [0, 0.05) is 11.8 Å². The Kier molecular flexibility index (Phi) is 8.23. The molecule has 0 aliphatic carbocycles. The third-order valence-electron chi connectivity index (χ3n) is 5.16. The number of aryl methyl sites for hydroxylation is 1. The fourth-order valence-electron chi connectivity index (χ4n) is 3.36. The van der Waals surface area contributed by atoms with Crippen molar-refractivity contribution in [1.82, 2.24) is 9.55 Å². The number of benzene rings is 1. The predicted molar refractivity (Wildman–Crippen MR) is 132 cm³/mol. The number of carbonyl (C=O) groups excluding carboxylic acids is 1. The Hall–Kier alpha value is -2.43. The normalized spacial score (nSPS) is 25.5. The Morgan fingerprint density at radius 2 is 1.97 bits per heavy atom. The number of H-pyrrole nitrogens is 1. The highest BCUT2D eigenvalue weighted by molar-refractivity contribution is 7.54. The van der Waals surface area contributed by atoms with Crippen LogP contribution in [0.5, 0.6) is 5.75 Å². The third kappa shape index (κ3) is 6.86. The lowest BCUT2D eigenvalue weighted by molar-refractivity contribution is -0.151. The maximum Gasteiger partial charge on any atom is 0.380 e. The molecule has 0 spiro atoms. The van der Waals surface area contributed by atoms with Gasteiger partial charge in [-0.25, -0.2) is 9.36 Å². The summed E-state index contributed by atoms with van der Waals surface area (Å²) in [5.74, 6) is -1.60. The molecule has 1 unspecified atom stereocenters. The highest BCUT2D eigenvalue weighted by Gasteiger charge is 2.45. The molecule has 198 valence electrons. The van der Waals surface area contributed by atoms with E-state index < -0.39 is 73.4 Å². The van der Waals surface area contributed by atoms with Gasteiger partial charge >= 0.3 is 19.3 Å². The van der Waals surface area contributed by atoms with Crippen LogP contribution in [0.1, 0.15) is 35.3 Å². The minimum Gasteiger partial charge on any atom is -0.463 e. The van der Waals surface area contributed by atoms with Gasteiger partial charge in [-0.3, -0.25) is 23.7 Å². The zero-order chi connectivity index (χ0) is 28.4. The fourth-order valence-corrected chi connectivity index (χ4v) is 5.39. The first-order valence-corrected chi connectivity index (χ1v) is 13.3. The van der Waals surface area contributed by atoms with Crippen molar-refractivity contribution in [2.24, 2.45) is 5.92 Å². The summed E-state index contributed by atoms with van der Waals surface area (Å²) < 4.78 is 53.5. The summed E-state index contributed by atoms with van der Waals surface area (Å²) >= 11 is 6.29. The van der Waals surface area contributed by atoms with E-state index in [2.05, 4.69) is 4.98 Å². The number of aliphatic hydroxyl groups excluding tert-OH is 1. The van der Waals surface area contributed by atoms with Gasteiger partial charge in [-0.1, -0.05) is 25.1 Å². The first-order valence-electron chi connectivity index (χ1n) is 12.2. The average Bonchev–Trinajstić information content (AvgIpc) is 3.11. The summed E-state index contributed by atoms with van der Waals surface area (Å²) in [6.45, 7) is 3.18. The van der Waals surface area contributed by atoms with Crippen molar-refractivity contribution >= 4 is 25.2 Å². The molecule has 0 radical (unpaired) electrons. The van der Waals surface area contributed by atoms with E-state index in [9.17, 15) is 24.1 Å². The molecular weight excluding hydrogens is 515 g/mol. The highest BCUT2D eigenvalue weighted by Crippen LogP contribution is 2.50. The molecule has 6 atom stereocenters. The predicted octanol–water partition coefficient (Wildman–Crippen LogP) is 2.59. The molecule has 3 rings (SSSR count). The van der Waals surface area contributed by atoms with Gasteiger partial charge in [-0.05, 0) is 32.9 Å². The number of halogens is 1. The van der Waals surface area contributed by atoms with E-state index in [0.29, 0.717) is 0 Å². The number of para-hydroxylation sites is 1. The number of nitrogens with one attached hydrogen (secondary N) is 1. The molecule has 0 amide bonds. The van der Waals surface area contributed by atoms with Crippen molar-refractivity contribution in [3.63, 3.8) is 0 Å². The number of aliphatic hydroxyl groups is 1. The zero-order valence-electron chi connectivity index (χ0n) is 22.1. The molecule has 1 saturated heterocycles. The van der Waals surface area contributed by atoms with E-state index in [1.165, 1.54) is 26.0 Å². The maximum absolute atomic E-state index is 13.9. The lowest BCUT2D eigenvalue weighted by atomic mass is 10.2. The number of ether oxygens (including phenoxy) is 2. The largest absolute Gasteiger partial charge is 0.463 e. The van der Waals surface area contributed by atoms with Crippen LogP contribution >= 0.6 is 19.2 Å². The van der Waals surface area contributed by atoms with Gasteiger partial charge in [0.05, 0.1) is 27.5 Å². The van der Waals surface area contributed by atoms with E-state index in [1.54, 1.807) is 32.0 Å². The Bertz CT molecular complexity index is 1300. The Morgan fingerprint density at radius 3 is 2.61 bits per heavy atom. The molecule has 1 aromatic carbocycles. The summed E-state index contributed by atoms with van der Waals surface area (Å²) in [7, 11) is -4.46. The van der Waals surface area contributed by atoms with Gasteiger partial charge < -0.3 is 19.1 Å². The second-order valence-corrected chi connectivity index (χ2v) is 11.1. The summed E-state index contributed by atoms with van der Waals surface area (Å²) in [6, 6.07) is 7.83. The van der Waals surface area contributed by atoms with Gasteiger partial charge in [0.1, 0.15) is 23.3 Å². The molecule has 0 saturated carbocycles. The topological polar surface area (TPSA) is 146 Å². The van der Waals surface area contributed by atoms with Crippen molar-refractivity contribution in [1.29, 1.82) is 0 Å². The number of aromatic nitrogens is 2. The number of nitrogens with zero attached hydrogens (tertiary/aromatic N) is 1. The van der Waals surface area contributed by atoms with Crippen molar-refractivity contribution < 1.29 is 35.7 Å². The number of hydrogen-bond acceptors (Lipinski definition) is 9. The second kappa shape index (κ2) is 11.7. The minimum absolute atomic E-state index is 0.0901. The van der Waals surface area contributed by atoms with Crippen LogP contribution in [0.2, 0.25) is 0 Å². The van der Waals surface area contributed by atoms with E-state index in [1.807, 2.05) is 0 Å². The number of esters is 1. The standard InChI is InChI=1S/C23H30ClN2O9P/c1-13(2)33-22(29)15(4)12-36(31,35-16-8-6-5-7-9-16)32-11-17-19(27)18(24)21(34-17)26-10-14(3)20(28)25-23(26)30/h5-10,13,15,17-19,21,27H,11-12H2,1-4H3,(H,25,28,30)/t15-,17+,18-,19?,21+,36-/m1/s1/i11D2. The van der Waals surface area contributed by atoms with Crippen LogP contribution in [0.3, 0.4) is 0 Å². The van der Waals surface area contributed by atoms with Crippen molar-refractivity contribution in [2.45, 2.75) is 57.6 Å². The van der Waals surface area contributed by atoms with Crippen LogP contribution in [0.15, 0.2) is 46.1 Å². The van der Waals surface area contributed by atoms with Gasteiger partial charge in [0.2, 0.25) is 0 Å². The van der Waals surface area contributed by atoms with E-state index in [-0.39, 0.29) is 11.3 Å². The van der Waals surface area contributed by atoms with Gasteiger partial charge in [-0.2, -0.15) is 0 Å². The first kappa shape index (κ1) is 25.2. The summed E-state index contributed by atoms with van der Waals surface area (Å²) in [6.07, 6.45) is -4.79. The van der Waals surface area contributed by atoms with E-state index >= 15 is 0 Å². The van der Waals surface area contributed by atoms with E-state index in [0.717, 1.165) is 10.8 Å². The lowest BCUT2D eigenvalue weighted by Crippen LogP contribution is -2.36. The van der Waals surface area contributed by atoms with Gasteiger partial charge in [-0.15, -0.1) is 11.6 Å². The van der Waals surface area contributed by atoms with E-state index in [4.69, 9.17) is 32.9 Å². The molecule has 36 heavy (non-hydrogen) atoms. The van der Waals surface area contributed by atoms with Crippen molar-refractivity contribution in [3.8, 4) is 5.75 Å². The molecule has 2 aromatic rings. The lowest BCUT2D eigenvalue weighted by Gasteiger charge is -2.24. The van der Waals surface area contributed by atoms with Crippen LogP contribution in [0.25, 0.3) is 0 Å². The smallest absolute Gasteiger partial charge is 0.380 e. The summed E-state index contributed by atoms with van der Waals surface area (Å²) in [5.41, 5.74) is -1.37. The van der Waals surface area contributed by atoms with Crippen LogP contribution < -0.4 is 15.8 Å². The molecule has 1 aliphatic rings. The van der Waals surface area contributed by atoms with Crippen molar-refractivity contribution in [3.05, 3.63) is 62.9 Å². The molecule has 13 heteroatoms. The van der Waals surface area contributed by atoms with Gasteiger partial charge in [0.25, 0.3) is 5.56 Å². The number of rotatable bonds is 10. The Balaban J connectivity index is 1.90. The molecule has 2 heterocycles. The molecule has 1 aliphatic heterocycles. The molecule has 1 aromatic heterocycles. The number of carbonyl (C=O) groups is 1. The number of hydrogen-bond donors (Lipinski definition) is 2. The third-order valence-corrected chi connectivity index (χ3v) is 7.50. The Labute approximate surface area is 215 Å². The Morgan fingerprint density at radius 1 is 1.31 bits per heavy atom. The maximum atomic E-state index is 13.9. The van der Waals surface area contributed by atoms with Crippen LogP contribution in [-0.4, -0.2) is 57.0 Å². The van der Waals surface area contributed by atoms with Crippen LogP contribution in [-0.2, 0) is 23.4 Å². The minimum atomic E-state index is -4.46. The quantitative estimate of drug-likeness (QED) is 0.261. The molecule has 1 fully saturated rings. The molecule has 2 N–H and O–H groups in total. The number of alkyl halides is 1. The average molecular weight is 547 g/mol. The summed E-state index contributed by atoms with van der Waals surface area (Å²) in [4.78, 5) is 38.5. The SMILES string of the molecule is [2H]C([2H])(O[P@](=O)(C[C@@H](C)C(=O)OC(C)C)Oc1ccccc1)[C@@H]1O[C@H](n2cc(C)c(=O)[nH]c2=O)[C@H](Cl)C1O. The van der Waals surface area contributed by atoms with Gasteiger partial charge in [0.15, 0.2) is 6.23 Å². The molecular formula is C23H30ClN2O9P. The zero-order valence-corrected chi connectivity index (χ0v) is 21.8. The van der Waals surface area contributed by atoms with Crippen LogP contribution in [0, 0.1) is 12.8 Å². The molecule has 0 bridgehead atoms. The highest BCUT2D eigenvalue weighted by atomic mass is 35.5. The first-order chi connectivity index (χ1) is 17.6. The number of aromatic amines is 1. The van der Waals surface area contributed by atoms with Crippen molar-refractivity contribution in [2.75, 3.05) is 12.7 Å². The molecule has 11 nitrogen and oxygen atoms in total. The fraction of sp³-hybridized carbons (Fsp3) is 0.522. The summed E-state index contributed by atoms with van der Waals surface area (Å²) in [5, 5.41) is 9.38. The van der Waals surface area contributed by atoms with Crippen LogP contribution in [0.4, 0.5) is 0 Å². The monoisotopic (exact) mass is 546 g/mol. The second-order valence-electron chi connectivity index (χ2n) is 8.65.